The van der Waals surface area contributed by atoms with Gasteiger partial charge in [-0.05, 0) is 24.7 Å². The van der Waals surface area contributed by atoms with Crippen LogP contribution in [0.3, 0.4) is 0 Å². The Morgan fingerprint density at radius 3 is 2.37 bits per heavy atom. The minimum atomic E-state index is -0.0429. The first-order valence-electron chi connectivity index (χ1n) is 5.93. The third kappa shape index (κ3) is 2.71. The lowest BCUT2D eigenvalue weighted by atomic mass is 9.95. The van der Waals surface area contributed by atoms with Gasteiger partial charge in [0, 0.05) is 16.7 Å². The lowest BCUT2D eigenvalue weighted by Gasteiger charge is -2.12. The van der Waals surface area contributed by atoms with Gasteiger partial charge in [-0.2, -0.15) is 0 Å². The number of rotatable bonds is 3. The largest absolute Gasteiger partial charge is 0.486 e. The van der Waals surface area contributed by atoms with Crippen molar-refractivity contribution in [1.29, 1.82) is 0 Å². The van der Waals surface area contributed by atoms with Gasteiger partial charge in [0.1, 0.15) is 0 Å². The lowest BCUT2D eigenvalue weighted by molar-refractivity contribution is 0.103. The molecule has 0 saturated heterocycles. The third-order valence-corrected chi connectivity index (χ3v) is 3.31. The highest BCUT2D eigenvalue weighted by Crippen LogP contribution is 2.19. The highest BCUT2D eigenvalue weighted by Gasteiger charge is 2.18. The molecule has 2 nitrogen and oxygen atoms in total. The van der Waals surface area contributed by atoms with Crippen LogP contribution in [0.2, 0.25) is 0 Å². The number of thiocarbonyl (C=S) groups is 1. The van der Waals surface area contributed by atoms with Gasteiger partial charge in [0.2, 0.25) is 0 Å². The number of methoxy groups -OCH3 is 1. The van der Waals surface area contributed by atoms with Crippen molar-refractivity contribution >= 4 is 23.1 Å². The summed E-state index contributed by atoms with van der Waals surface area (Å²) in [6, 6.07) is 14.7. The van der Waals surface area contributed by atoms with Crippen LogP contribution in [0.25, 0.3) is 0 Å². The molecular formula is C16H14O2S. The Morgan fingerprint density at radius 1 is 1.05 bits per heavy atom. The number of carbonyl (C=O) groups excluding carboxylic acids is 1. The third-order valence-electron chi connectivity index (χ3n) is 2.94. The fraction of sp³-hybridized carbons (Fsp3) is 0.125. The predicted octanol–water partition coefficient (Wildman–Crippen LogP) is 3.55. The van der Waals surface area contributed by atoms with Crippen LogP contribution in [-0.4, -0.2) is 17.9 Å². The first kappa shape index (κ1) is 13.4. The highest BCUT2D eigenvalue weighted by atomic mass is 32.1. The van der Waals surface area contributed by atoms with E-state index in [-0.39, 0.29) is 5.78 Å². The van der Waals surface area contributed by atoms with Gasteiger partial charge in [0.15, 0.2) is 10.8 Å². The molecule has 0 heterocycles. The zero-order valence-electron chi connectivity index (χ0n) is 10.8. The molecule has 0 amide bonds. The molecule has 0 aliphatic rings. The van der Waals surface area contributed by atoms with E-state index in [4.69, 9.17) is 17.0 Å². The minimum Gasteiger partial charge on any atom is -0.486 e. The number of aryl methyl sites for hydroxylation is 1. The lowest BCUT2D eigenvalue weighted by Crippen LogP contribution is -2.12. The molecule has 0 fully saturated rings. The summed E-state index contributed by atoms with van der Waals surface area (Å²) in [5, 5.41) is 0.345. The summed E-state index contributed by atoms with van der Waals surface area (Å²) in [4.78, 5) is 12.5. The molecule has 0 aliphatic heterocycles. The Kier molecular flexibility index (Phi) is 4.07. The van der Waals surface area contributed by atoms with Crippen molar-refractivity contribution in [2.75, 3.05) is 7.11 Å². The molecule has 3 heteroatoms. The van der Waals surface area contributed by atoms with Crippen molar-refractivity contribution in [2.45, 2.75) is 6.92 Å². The van der Waals surface area contributed by atoms with Crippen molar-refractivity contribution in [1.82, 2.24) is 0 Å². The SMILES string of the molecule is COC(=S)c1c(C)cccc1C(=O)c1ccccc1. The van der Waals surface area contributed by atoms with Gasteiger partial charge in [0.05, 0.1) is 7.11 Å². The van der Waals surface area contributed by atoms with Crippen LogP contribution in [0.15, 0.2) is 48.5 Å². The van der Waals surface area contributed by atoms with Crippen LogP contribution in [0.1, 0.15) is 27.0 Å². The van der Waals surface area contributed by atoms with Crippen LogP contribution < -0.4 is 0 Å². The van der Waals surface area contributed by atoms with Crippen molar-refractivity contribution in [3.63, 3.8) is 0 Å². The molecule has 0 atom stereocenters. The minimum absolute atomic E-state index is 0.0429. The molecule has 2 rings (SSSR count). The van der Waals surface area contributed by atoms with Crippen molar-refractivity contribution in [3.05, 3.63) is 70.8 Å². The maximum Gasteiger partial charge on any atom is 0.193 e. The predicted molar refractivity (Wildman–Crippen MR) is 79.8 cm³/mol. The Labute approximate surface area is 118 Å². The second-order valence-electron chi connectivity index (χ2n) is 4.18. The smallest absolute Gasteiger partial charge is 0.193 e. The van der Waals surface area contributed by atoms with Crippen molar-refractivity contribution in [2.24, 2.45) is 0 Å². The molecule has 0 N–H and O–H groups in total. The van der Waals surface area contributed by atoms with Crippen molar-refractivity contribution in [3.8, 4) is 0 Å². The fourth-order valence-corrected chi connectivity index (χ4v) is 2.25. The molecule has 0 unspecified atom stereocenters. The highest BCUT2D eigenvalue weighted by molar-refractivity contribution is 7.80. The van der Waals surface area contributed by atoms with Gasteiger partial charge in [0.25, 0.3) is 0 Å². The Morgan fingerprint density at radius 2 is 1.74 bits per heavy atom. The van der Waals surface area contributed by atoms with E-state index in [1.165, 1.54) is 7.11 Å². The molecule has 19 heavy (non-hydrogen) atoms. The molecule has 0 saturated carbocycles. The molecule has 0 aliphatic carbocycles. The molecule has 96 valence electrons. The Bertz CT molecular complexity index is 618. The zero-order valence-corrected chi connectivity index (χ0v) is 11.7. The van der Waals surface area contributed by atoms with Crippen LogP contribution in [0.5, 0.6) is 0 Å². The van der Waals surface area contributed by atoms with Crippen LogP contribution in [0.4, 0.5) is 0 Å². The normalized spacial score (nSPS) is 10.0. The second-order valence-corrected chi connectivity index (χ2v) is 4.55. The van der Waals surface area contributed by atoms with E-state index >= 15 is 0 Å². The maximum absolute atomic E-state index is 12.5. The summed E-state index contributed by atoms with van der Waals surface area (Å²) in [6.07, 6.45) is 0. The zero-order chi connectivity index (χ0) is 13.8. The quantitative estimate of drug-likeness (QED) is 0.630. The van der Waals surface area contributed by atoms with Crippen LogP contribution in [0, 0.1) is 6.92 Å². The van der Waals surface area contributed by atoms with E-state index in [2.05, 4.69) is 0 Å². The number of ketones is 1. The summed E-state index contributed by atoms with van der Waals surface area (Å²) in [5.74, 6) is -0.0429. The monoisotopic (exact) mass is 270 g/mol. The number of hydrogen-bond donors (Lipinski definition) is 0. The van der Waals surface area contributed by atoms with Gasteiger partial charge < -0.3 is 4.74 Å². The molecule has 2 aromatic carbocycles. The van der Waals surface area contributed by atoms with E-state index in [9.17, 15) is 4.79 Å². The van der Waals surface area contributed by atoms with Crippen molar-refractivity contribution < 1.29 is 9.53 Å². The molecule has 0 spiro atoms. The van der Waals surface area contributed by atoms with Crippen LogP contribution >= 0.6 is 12.2 Å². The van der Waals surface area contributed by atoms with Gasteiger partial charge in [-0.3, -0.25) is 4.79 Å². The Hall–Kier alpha value is -2.00. The number of hydrogen-bond acceptors (Lipinski definition) is 3. The maximum atomic E-state index is 12.5. The molecule has 0 bridgehead atoms. The standard InChI is InChI=1S/C16H14O2S/c1-11-7-6-10-13(14(11)16(19)18-2)15(17)12-8-4-3-5-9-12/h3-10H,1-2H3. The summed E-state index contributed by atoms with van der Waals surface area (Å²) < 4.78 is 5.12. The van der Waals surface area contributed by atoms with Crippen LogP contribution in [-0.2, 0) is 4.74 Å². The summed E-state index contributed by atoms with van der Waals surface area (Å²) >= 11 is 5.19. The number of ether oxygens (including phenoxy) is 1. The first-order chi connectivity index (χ1) is 9.15. The number of benzene rings is 2. The van der Waals surface area contributed by atoms with E-state index in [0.717, 1.165) is 5.56 Å². The van der Waals surface area contributed by atoms with Gasteiger partial charge in [-0.1, -0.05) is 48.5 Å². The topological polar surface area (TPSA) is 26.3 Å². The summed E-state index contributed by atoms with van der Waals surface area (Å²) in [6.45, 7) is 1.92. The van der Waals surface area contributed by atoms with Gasteiger partial charge in [-0.15, -0.1) is 0 Å². The second kappa shape index (κ2) is 5.76. The van der Waals surface area contributed by atoms with Gasteiger partial charge >= 0.3 is 0 Å². The molecule has 2 aromatic rings. The van der Waals surface area contributed by atoms with Gasteiger partial charge in [-0.25, -0.2) is 0 Å². The average Bonchev–Trinajstić information content (AvgIpc) is 2.46. The van der Waals surface area contributed by atoms with E-state index in [1.807, 2.05) is 37.3 Å². The molecular weight excluding hydrogens is 256 g/mol. The summed E-state index contributed by atoms with van der Waals surface area (Å²) in [5.41, 5.74) is 2.87. The van der Waals surface area contributed by atoms with E-state index in [1.54, 1.807) is 18.2 Å². The number of carbonyl (C=O) groups is 1. The Balaban J connectivity index is 2.54. The molecule has 0 radical (unpaired) electrons. The fourth-order valence-electron chi connectivity index (χ4n) is 1.98. The summed E-state index contributed by atoms with van der Waals surface area (Å²) in [7, 11) is 1.52. The van der Waals surface area contributed by atoms with E-state index in [0.29, 0.717) is 21.7 Å². The van der Waals surface area contributed by atoms with E-state index < -0.39 is 0 Å². The molecule has 0 aromatic heterocycles. The first-order valence-corrected chi connectivity index (χ1v) is 6.33. The average molecular weight is 270 g/mol.